The minimum Gasteiger partial charge on any atom is -0.492 e. The molecule has 2 heterocycles. The lowest BCUT2D eigenvalue weighted by molar-refractivity contribution is -0.153. The van der Waals surface area contributed by atoms with Crippen LogP contribution in [-0.2, 0) is 20.2 Å². The van der Waals surface area contributed by atoms with Crippen LogP contribution in [0.5, 0.6) is 5.75 Å². The molecule has 1 spiro atoms. The van der Waals surface area contributed by atoms with Gasteiger partial charge in [0.2, 0.25) is 11.8 Å². The Hall–Kier alpha value is -1.53. The van der Waals surface area contributed by atoms with Crippen LogP contribution in [0.2, 0.25) is 0 Å². The summed E-state index contributed by atoms with van der Waals surface area (Å²) in [5.41, 5.74) is 1.17. The summed E-state index contributed by atoms with van der Waals surface area (Å²) in [6.45, 7) is 1.40. The number of para-hydroxylation sites is 1. The molecule has 0 bridgehead atoms. The molecule has 0 radical (unpaired) electrons. The van der Waals surface area contributed by atoms with Gasteiger partial charge in [-0.05, 0) is 42.7 Å². The van der Waals surface area contributed by atoms with Crippen molar-refractivity contribution < 1.29 is 18.5 Å². The number of carbonyl (C=O) groups excluding carboxylic acids is 2. The second-order valence-electron chi connectivity index (χ2n) is 7.60. The lowest BCUT2D eigenvalue weighted by Gasteiger charge is -2.37. The first-order valence-electron chi connectivity index (χ1n) is 9.54. The van der Waals surface area contributed by atoms with Gasteiger partial charge in [0.1, 0.15) is 5.75 Å². The summed E-state index contributed by atoms with van der Waals surface area (Å²) >= 11 is 1.27. The Labute approximate surface area is 158 Å². The zero-order valence-corrected chi connectivity index (χ0v) is 15.8. The number of aryl methyl sites for hydroxylation is 1. The maximum absolute atomic E-state index is 12.4. The molecule has 2 fully saturated rings. The zero-order chi connectivity index (χ0) is 18.0. The van der Waals surface area contributed by atoms with Gasteiger partial charge in [0.25, 0.3) is 0 Å². The van der Waals surface area contributed by atoms with Crippen molar-refractivity contribution in [1.29, 1.82) is 0 Å². The van der Waals surface area contributed by atoms with E-state index < -0.39 is 0 Å². The number of hydrogen-bond donors (Lipinski definition) is 0. The molecule has 2 aliphatic heterocycles. The van der Waals surface area contributed by atoms with E-state index in [-0.39, 0.29) is 17.2 Å². The third kappa shape index (κ3) is 3.62. The van der Waals surface area contributed by atoms with Gasteiger partial charge in [-0.2, -0.15) is 0 Å². The number of piperidine rings is 1. The summed E-state index contributed by atoms with van der Waals surface area (Å²) in [6, 6.07) is 6.08. The Morgan fingerprint density at radius 2 is 1.88 bits per heavy atom. The van der Waals surface area contributed by atoms with Gasteiger partial charge in [0.05, 0.1) is 24.7 Å². The zero-order valence-electron chi connectivity index (χ0n) is 15.0. The van der Waals surface area contributed by atoms with Crippen LogP contribution in [0.15, 0.2) is 23.1 Å². The number of amides is 2. The fourth-order valence-electron chi connectivity index (χ4n) is 4.42. The smallest absolute Gasteiger partial charge is 0.229 e. The second-order valence-corrected chi connectivity index (χ2v) is 8.44. The number of nitrogens with zero attached hydrogens (tertiary/aromatic N) is 1. The summed E-state index contributed by atoms with van der Waals surface area (Å²) in [4.78, 5) is 27.2. The Kier molecular flexibility index (Phi) is 5.23. The van der Waals surface area contributed by atoms with E-state index >= 15 is 0 Å². The van der Waals surface area contributed by atoms with Crippen LogP contribution in [-0.4, -0.2) is 36.5 Å². The Morgan fingerprint density at radius 1 is 1.12 bits per heavy atom. The van der Waals surface area contributed by atoms with Crippen LogP contribution >= 0.6 is 12.0 Å². The van der Waals surface area contributed by atoms with Crippen LogP contribution in [0.3, 0.4) is 0 Å². The first-order chi connectivity index (χ1) is 12.7. The van der Waals surface area contributed by atoms with Gasteiger partial charge < -0.3 is 8.92 Å². The number of hydrogen-bond acceptors (Lipinski definition) is 5. The van der Waals surface area contributed by atoms with Crippen LogP contribution in [0.1, 0.15) is 50.5 Å². The molecule has 1 aromatic rings. The van der Waals surface area contributed by atoms with E-state index in [1.807, 2.05) is 12.1 Å². The lowest BCUT2D eigenvalue weighted by atomic mass is 9.76. The molecule has 1 aromatic carbocycles. The third-order valence-corrected chi connectivity index (χ3v) is 6.55. The highest BCUT2D eigenvalue weighted by Crippen LogP contribution is 2.46. The highest BCUT2D eigenvalue weighted by Gasteiger charge is 2.44. The Balaban J connectivity index is 1.29. The molecular formula is C20H25NO4S. The molecule has 1 aliphatic carbocycles. The van der Waals surface area contributed by atoms with E-state index in [4.69, 9.17) is 8.92 Å². The maximum Gasteiger partial charge on any atom is 0.229 e. The number of likely N-dealkylation sites (tertiary alicyclic amines) is 1. The summed E-state index contributed by atoms with van der Waals surface area (Å²) < 4.78 is 11.5. The van der Waals surface area contributed by atoms with Crippen LogP contribution in [0, 0.1) is 5.41 Å². The highest BCUT2D eigenvalue weighted by molar-refractivity contribution is 7.94. The average molecular weight is 375 g/mol. The normalized spacial score (nSPS) is 21.8. The number of rotatable bonds is 5. The molecule has 140 valence electrons. The summed E-state index contributed by atoms with van der Waals surface area (Å²) in [5, 5.41) is 0. The van der Waals surface area contributed by atoms with Gasteiger partial charge in [-0.1, -0.05) is 25.0 Å². The highest BCUT2D eigenvalue weighted by atomic mass is 32.2. The fourth-order valence-corrected chi connectivity index (χ4v) is 5.10. The molecule has 5 nitrogen and oxygen atoms in total. The van der Waals surface area contributed by atoms with Crippen molar-refractivity contribution in [2.24, 2.45) is 5.41 Å². The molecule has 6 heteroatoms. The van der Waals surface area contributed by atoms with Crippen LogP contribution < -0.4 is 4.74 Å². The topological polar surface area (TPSA) is 55.8 Å². The van der Waals surface area contributed by atoms with Crippen molar-refractivity contribution in [3.63, 3.8) is 0 Å². The van der Waals surface area contributed by atoms with E-state index in [0.29, 0.717) is 26.0 Å². The van der Waals surface area contributed by atoms with Gasteiger partial charge in [0, 0.05) is 24.9 Å². The minimum absolute atomic E-state index is 0.0304. The van der Waals surface area contributed by atoms with Crippen molar-refractivity contribution in [3.05, 3.63) is 23.8 Å². The average Bonchev–Trinajstić information content (AvgIpc) is 3.08. The maximum atomic E-state index is 12.4. The quantitative estimate of drug-likeness (QED) is 0.446. The van der Waals surface area contributed by atoms with Crippen molar-refractivity contribution in [2.45, 2.75) is 56.3 Å². The molecule has 26 heavy (non-hydrogen) atoms. The number of benzene rings is 1. The van der Waals surface area contributed by atoms with Gasteiger partial charge >= 0.3 is 0 Å². The predicted molar refractivity (Wildman–Crippen MR) is 98.9 cm³/mol. The van der Waals surface area contributed by atoms with Gasteiger partial charge in [-0.3, -0.25) is 14.5 Å². The van der Waals surface area contributed by atoms with Gasteiger partial charge in [-0.25, -0.2) is 0 Å². The SMILES string of the molecule is O=C1CC2(CCCC2)CC(=O)N1CCOSc1cccc2c1OCCC2. The standard InChI is InChI=1S/C20H25NO4S/c22-17-13-20(8-1-2-9-20)14-18(23)21(17)10-12-25-26-16-7-3-5-15-6-4-11-24-19(15)16/h3,5,7H,1-2,4,6,8-14H2. The Morgan fingerprint density at radius 3 is 2.65 bits per heavy atom. The van der Waals surface area contributed by atoms with E-state index in [1.54, 1.807) is 0 Å². The van der Waals surface area contributed by atoms with Crippen molar-refractivity contribution in [3.8, 4) is 5.75 Å². The number of carbonyl (C=O) groups is 2. The molecular weight excluding hydrogens is 350 g/mol. The lowest BCUT2D eigenvalue weighted by Crippen LogP contribution is -2.48. The van der Waals surface area contributed by atoms with E-state index in [1.165, 1.54) is 22.5 Å². The molecule has 0 N–H and O–H groups in total. The number of fused-ring (bicyclic) bond motifs is 1. The Bertz CT molecular complexity index is 679. The van der Waals surface area contributed by atoms with E-state index in [9.17, 15) is 9.59 Å². The molecule has 3 aliphatic rings. The first-order valence-corrected chi connectivity index (χ1v) is 10.3. The molecule has 4 rings (SSSR count). The molecule has 0 atom stereocenters. The predicted octanol–water partition coefficient (Wildman–Crippen LogP) is 3.74. The van der Waals surface area contributed by atoms with Crippen molar-refractivity contribution in [1.82, 2.24) is 4.90 Å². The number of ether oxygens (including phenoxy) is 1. The van der Waals surface area contributed by atoms with Crippen LogP contribution in [0.25, 0.3) is 0 Å². The largest absolute Gasteiger partial charge is 0.492 e. The molecule has 0 aromatic heterocycles. The van der Waals surface area contributed by atoms with Gasteiger partial charge in [-0.15, -0.1) is 0 Å². The molecule has 0 unspecified atom stereocenters. The molecule has 2 amide bonds. The minimum atomic E-state index is -0.0410. The fraction of sp³-hybridized carbons (Fsp3) is 0.600. The summed E-state index contributed by atoms with van der Waals surface area (Å²) in [5.74, 6) is 0.853. The molecule has 1 saturated heterocycles. The van der Waals surface area contributed by atoms with Crippen molar-refractivity contribution >= 4 is 23.9 Å². The van der Waals surface area contributed by atoms with Gasteiger partial charge in [0.15, 0.2) is 0 Å². The third-order valence-electron chi connectivity index (χ3n) is 5.76. The molecule has 1 saturated carbocycles. The second kappa shape index (κ2) is 7.61. The van der Waals surface area contributed by atoms with E-state index in [2.05, 4.69) is 6.07 Å². The van der Waals surface area contributed by atoms with Crippen molar-refractivity contribution in [2.75, 3.05) is 19.8 Å². The first kappa shape index (κ1) is 17.9. The van der Waals surface area contributed by atoms with Crippen LogP contribution in [0.4, 0.5) is 0 Å². The summed E-state index contributed by atoms with van der Waals surface area (Å²) in [7, 11) is 0. The summed E-state index contributed by atoms with van der Waals surface area (Å²) in [6.07, 6.45) is 7.43. The van der Waals surface area contributed by atoms with E-state index in [0.717, 1.165) is 55.8 Å². The number of imide groups is 1. The monoisotopic (exact) mass is 375 g/mol.